The first-order chi connectivity index (χ1) is 9.10. The Labute approximate surface area is 114 Å². The van der Waals surface area contributed by atoms with Crippen molar-refractivity contribution in [3.8, 4) is 0 Å². The first-order valence-corrected chi connectivity index (χ1v) is 6.72. The molecule has 0 saturated carbocycles. The van der Waals surface area contributed by atoms with Gasteiger partial charge in [0.15, 0.2) is 0 Å². The van der Waals surface area contributed by atoms with Gasteiger partial charge in [0.25, 0.3) is 0 Å². The van der Waals surface area contributed by atoms with Crippen molar-refractivity contribution >= 4 is 5.91 Å². The van der Waals surface area contributed by atoms with Crippen LogP contribution in [0.2, 0.25) is 0 Å². The third-order valence-electron chi connectivity index (χ3n) is 3.84. The fraction of sp³-hybridized carbons (Fsp3) is 0.533. The number of primary amides is 1. The quantitative estimate of drug-likeness (QED) is 0.865. The van der Waals surface area contributed by atoms with Crippen LogP contribution >= 0.6 is 0 Å². The van der Waals surface area contributed by atoms with E-state index in [0.29, 0.717) is 6.42 Å². The number of nitrogens with two attached hydrogens (primary N) is 1. The van der Waals surface area contributed by atoms with E-state index in [1.807, 2.05) is 0 Å². The van der Waals surface area contributed by atoms with Gasteiger partial charge in [-0.15, -0.1) is 0 Å². The first-order valence-electron chi connectivity index (χ1n) is 6.72. The molecule has 0 spiro atoms. The average Bonchev–Trinajstić information content (AvgIpc) is 2.81. The number of likely N-dealkylation sites (tertiary alicyclic amines) is 1. The summed E-state index contributed by atoms with van der Waals surface area (Å²) in [6.07, 6.45) is 1.76. The van der Waals surface area contributed by atoms with E-state index in [4.69, 9.17) is 10.5 Å². The number of aryl methyl sites for hydroxylation is 1. The summed E-state index contributed by atoms with van der Waals surface area (Å²) in [6.45, 7) is 3.71. The number of hydrogen-bond acceptors (Lipinski definition) is 3. The fourth-order valence-corrected chi connectivity index (χ4v) is 2.60. The highest BCUT2D eigenvalue weighted by atomic mass is 16.5. The summed E-state index contributed by atoms with van der Waals surface area (Å²) in [5.74, 6) is -0.247. The molecule has 1 aromatic carbocycles. The molecule has 2 atom stereocenters. The molecule has 1 saturated heterocycles. The van der Waals surface area contributed by atoms with Crippen molar-refractivity contribution in [3.63, 3.8) is 0 Å². The van der Waals surface area contributed by atoms with Gasteiger partial charge in [0.1, 0.15) is 0 Å². The van der Waals surface area contributed by atoms with E-state index in [1.165, 1.54) is 11.1 Å². The number of carbonyl (C=O) groups excluding carboxylic acids is 1. The Hall–Kier alpha value is -1.39. The molecule has 19 heavy (non-hydrogen) atoms. The van der Waals surface area contributed by atoms with Crippen LogP contribution < -0.4 is 5.73 Å². The molecular weight excluding hydrogens is 240 g/mol. The predicted octanol–water partition coefficient (Wildman–Crippen LogP) is 1.11. The molecular formula is C15H22N2O2. The van der Waals surface area contributed by atoms with Gasteiger partial charge in [-0.05, 0) is 25.3 Å². The molecule has 1 aliphatic heterocycles. The van der Waals surface area contributed by atoms with Crippen LogP contribution in [0.1, 0.15) is 17.5 Å². The normalized spacial score (nSPS) is 23.7. The monoisotopic (exact) mass is 262 g/mol. The predicted molar refractivity (Wildman–Crippen MR) is 74.9 cm³/mol. The van der Waals surface area contributed by atoms with Gasteiger partial charge in [0, 0.05) is 20.2 Å². The van der Waals surface area contributed by atoms with Gasteiger partial charge in [0.05, 0.1) is 12.1 Å². The van der Waals surface area contributed by atoms with Crippen molar-refractivity contribution in [2.24, 2.45) is 5.73 Å². The highest BCUT2D eigenvalue weighted by molar-refractivity contribution is 5.80. The van der Waals surface area contributed by atoms with Crippen molar-refractivity contribution in [1.82, 2.24) is 4.90 Å². The highest BCUT2D eigenvalue weighted by Gasteiger charge is 2.35. The molecule has 2 N–H and O–H groups in total. The summed E-state index contributed by atoms with van der Waals surface area (Å²) in [7, 11) is 1.69. The molecule has 1 heterocycles. The number of rotatable bonds is 5. The van der Waals surface area contributed by atoms with Crippen molar-refractivity contribution in [1.29, 1.82) is 0 Å². The molecule has 0 bridgehead atoms. The fourth-order valence-electron chi connectivity index (χ4n) is 2.60. The summed E-state index contributed by atoms with van der Waals surface area (Å²) >= 11 is 0. The number of nitrogens with zero attached hydrogens (tertiary/aromatic N) is 1. The second-order valence-corrected chi connectivity index (χ2v) is 5.24. The number of benzene rings is 1. The molecule has 1 aromatic rings. The van der Waals surface area contributed by atoms with Gasteiger partial charge in [-0.2, -0.15) is 0 Å². The topological polar surface area (TPSA) is 55.6 Å². The summed E-state index contributed by atoms with van der Waals surface area (Å²) in [5.41, 5.74) is 8.01. The van der Waals surface area contributed by atoms with E-state index in [2.05, 4.69) is 36.1 Å². The number of ether oxygens (including phenoxy) is 1. The molecule has 1 amide bonds. The zero-order valence-electron chi connectivity index (χ0n) is 11.6. The molecule has 0 unspecified atom stereocenters. The lowest BCUT2D eigenvalue weighted by Gasteiger charge is -2.21. The standard InChI is InChI=1S/C15H22N2O2/c1-11-3-5-12(6-4-11)7-8-17-10-13(19-2)9-14(17)15(16)18/h3-6,13-14H,7-10H2,1-2H3,(H2,16,18)/t13-,14-/m0/s1. The Balaban J connectivity index is 1.93. The van der Waals surface area contributed by atoms with Gasteiger partial charge in [-0.1, -0.05) is 29.8 Å². The van der Waals surface area contributed by atoms with Crippen molar-refractivity contribution in [3.05, 3.63) is 35.4 Å². The van der Waals surface area contributed by atoms with Crippen molar-refractivity contribution in [2.45, 2.75) is 31.9 Å². The van der Waals surface area contributed by atoms with E-state index in [1.54, 1.807) is 7.11 Å². The average molecular weight is 262 g/mol. The van der Waals surface area contributed by atoms with E-state index >= 15 is 0 Å². The van der Waals surface area contributed by atoms with Gasteiger partial charge >= 0.3 is 0 Å². The third-order valence-corrected chi connectivity index (χ3v) is 3.84. The number of methoxy groups -OCH3 is 1. The maximum atomic E-state index is 11.5. The van der Waals surface area contributed by atoms with E-state index < -0.39 is 0 Å². The molecule has 4 heteroatoms. The Kier molecular flexibility index (Phi) is 4.56. The zero-order valence-corrected chi connectivity index (χ0v) is 11.6. The highest BCUT2D eigenvalue weighted by Crippen LogP contribution is 2.20. The molecule has 0 aliphatic carbocycles. The molecule has 1 fully saturated rings. The molecule has 104 valence electrons. The molecule has 4 nitrogen and oxygen atoms in total. The van der Waals surface area contributed by atoms with Gasteiger partial charge in [-0.25, -0.2) is 0 Å². The maximum absolute atomic E-state index is 11.5. The van der Waals surface area contributed by atoms with Crippen LogP contribution in [0.25, 0.3) is 0 Å². The first kappa shape index (κ1) is 14.0. The SMILES string of the molecule is CO[C@H]1C[C@@H](C(N)=O)N(CCc2ccc(C)cc2)C1. The molecule has 0 radical (unpaired) electrons. The summed E-state index contributed by atoms with van der Waals surface area (Å²) in [5, 5.41) is 0. The Morgan fingerprint density at radius 1 is 1.42 bits per heavy atom. The van der Waals surface area contributed by atoms with E-state index in [0.717, 1.165) is 19.5 Å². The van der Waals surface area contributed by atoms with Gasteiger partial charge < -0.3 is 10.5 Å². The minimum atomic E-state index is -0.247. The summed E-state index contributed by atoms with van der Waals surface area (Å²) < 4.78 is 5.34. The summed E-state index contributed by atoms with van der Waals surface area (Å²) in [6, 6.07) is 8.32. The van der Waals surface area contributed by atoms with Gasteiger partial charge in [0.2, 0.25) is 5.91 Å². The molecule has 1 aliphatic rings. The second-order valence-electron chi connectivity index (χ2n) is 5.24. The van der Waals surface area contributed by atoms with Crippen LogP contribution in [0.4, 0.5) is 0 Å². The van der Waals surface area contributed by atoms with Crippen LogP contribution in [-0.2, 0) is 16.0 Å². The molecule has 0 aromatic heterocycles. The Morgan fingerprint density at radius 3 is 2.68 bits per heavy atom. The second kappa shape index (κ2) is 6.17. The maximum Gasteiger partial charge on any atom is 0.234 e. The van der Waals surface area contributed by atoms with Gasteiger partial charge in [-0.3, -0.25) is 9.69 Å². The molecule has 2 rings (SSSR count). The number of amides is 1. The van der Waals surface area contributed by atoms with Crippen molar-refractivity contribution in [2.75, 3.05) is 20.2 Å². The van der Waals surface area contributed by atoms with Crippen LogP contribution in [0.5, 0.6) is 0 Å². The lowest BCUT2D eigenvalue weighted by molar-refractivity contribution is -0.122. The Bertz CT molecular complexity index is 430. The Morgan fingerprint density at radius 2 is 2.11 bits per heavy atom. The van der Waals surface area contributed by atoms with E-state index in [-0.39, 0.29) is 18.1 Å². The van der Waals surface area contributed by atoms with Crippen LogP contribution in [0, 0.1) is 6.92 Å². The number of hydrogen-bond donors (Lipinski definition) is 1. The third kappa shape index (κ3) is 3.55. The largest absolute Gasteiger partial charge is 0.380 e. The van der Waals surface area contributed by atoms with Crippen LogP contribution in [0.15, 0.2) is 24.3 Å². The van der Waals surface area contributed by atoms with Crippen LogP contribution in [0.3, 0.4) is 0 Å². The van der Waals surface area contributed by atoms with Crippen LogP contribution in [-0.4, -0.2) is 43.2 Å². The lowest BCUT2D eigenvalue weighted by atomic mass is 10.1. The minimum absolute atomic E-state index is 0.121. The smallest absolute Gasteiger partial charge is 0.234 e. The zero-order chi connectivity index (χ0) is 13.8. The summed E-state index contributed by atoms with van der Waals surface area (Å²) in [4.78, 5) is 13.6. The van der Waals surface area contributed by atoms with Crippen molar-refractivity contribution < 1.29 is 9.53 Å². The number of carbonyl (C=O) groups is 1. The minimum Gasteiger partial charge on any atom is -0.380 e. The lowest BCUT2D eigenvalue weighted by Crippen LogP contribution is -2.41. The van der Waals surface area contributed by atoms with E-state index in [9.17, 15) is 4.79 Å².